The summed E-state index contributed by atoms with van der Waals surface area (Å²) in [6, 6.07) is -3.37. The quantitative estimate of drug-likeness (QED) is 0.668. The van der Waals surface area contributed by atoms with Crippen LogP contribution in [0.25, 0.3) is 0 Å². The molecule has 0 unspecified atom stereocenters. The largest absolute Gasteiger partial charge is 0.312 e. The van der Waals surface area contributed by atoms with E-state index >= 15 is 0 Å². The van der Waals surface area contributed by atoms with E-state index in [1.54, 1.807) is 0 Å². The zero-order valence-electron chi connectivity index (χ0n) is 6.56. The third-order valence-electron chi connectivity index (χ3n) is 0.942. The third-order valence-corrected chi connectivity index (χ3v) is 2.83. The average molecular weight is 187 g/mol. The van der Waals surface area contributed by atoms with E-state index in [0.717, 1.165) is 0 Å². The maximum absolute atomic E-state index is 12.1. The fourth-order valence-electron chi connectivity index (χ4n) is 0.368. The van der Waals surface area contributed by atoms with Crippen LogP contribution in [0.2, 0.25) is 0 Å². The van der Waals surface area contributed by atoms with Gasteiger partial charge in [-0.05, 0) is 13.8 Å². The van der Waals surface area contributed by atoms with E-state index in [1.165, 1.54) is 18.6 Å². The lowest BCUT2D eigenvalue weighted by atomic mass is 10.6. The van der Waals surface area contributed by atoms with Crippen molar-refractivity contribution in [3.05, 3.63) is 0 Å². The van der Waals surface area contributed by atoms with Crippen LogP contribution < -0.4 is 4.72 Å². The maximum atomic E-state index is 12.1. The van der Waals surface area contributed by atoms with Crippen molar-refractivity contribution in [3.63, 3.8) is 0 Å². The van der Waals surface area contributed by atoms with Crippen molar-refractivity contribution in [2.75, 3.05) is 0 Å². The van der Waals surface area contributed by atoms with Gasteiger partial charge in [-0.2, -0.15) is 13.5 Å². The van der Waals surface area contributed by atoms with Gasteiger partial charge >= 0.3 is 6.05 Å². The van der Waals surface area contributed by atoms with Crippen LogP contribution in [0.15, 0.2) is 0 Å². The zero-order chi connectivity index (χ0) is 9.28. The van der Waals surface area contributed by atoms with Crippen molar-refractivity contribution in [2.24, 2.45) is 0 Å². The molecule has 0 saturated carbocycles. The molecule has 0 amide bonds. The summed E-state index contributed by atoms with van der Waals surface area (Å²) in [4.78, 5) is 0. The minimum absolute atomic E-state index is 0.493. The molecule has 6 heteroatoms. The predicted octanol–water partition coefficient (Wildman–Crippen LogP) is 0.927. The molecule has 0 spiro atoms. The van der Waals surface area contributed by atoms with Crippen molar-refractivity contribution in [2.45, 2.75) is 32.1 Å². The Hall–Kier alpha value is -0.230. The summed E-state index contributed by atoms with van der Waals surface area (Å²) >= 11 is 0. The van der Waals surface area contributed by atoms with E-state index in [1.807, 2.05) is 0 Å². The molecule has 0 aliphatic carbocycles. The van der Waals surface area contributed by atoms with Gasteiger partial charge in [-0.15, -0.1) is 0 Å². The van der Waals surface area contributed by atoms with Gasteiger partial charge in [0.15, 0.2) is 0 Å². The van der Waals surface area contributed by atoms with Gasteiger partial charge in [0.1, 0.15) is 0 Å². The van der Waals surface area contributed by atoms with Gasteiger partial charge in [-0.1, -0.05) is 0 Å². The number of hydrogen-bond acceptors (Lipinski definition) is 2. The predicted molar refractivity (Wildman–Crippen MR) is 37.8 cm³/mol. The molecule has 0 aromatic heterocycles. The molecule has 0 aliphatic heterocycles. The highest BCUT2D eigenvalue weighted by atomic mass is 32.2. The van der Waals surface area contributed by atoms with E-state index in [9.17, 15) is 17.2 Å². The second kappa shape index (κ2) is 3.02. The highest BCUT2D eigenvalue weighted by molar-refractivity contribution is 7.90. The zero-order valence-corrected chi connectivity index (χ0v) is 7.37. The molecule has 0 aliphatic rings. The SMILES string of the molecule is CC(C)S(=O)(=O)NC(C)(F)F. The summed E-state index contributed by atoms with van der Waals surface area (Å²) in [6.07, 6.45) is 0. The Kier molecular flexibility index (Phi) is 2.96. The number of hydrogen-bond donors (Lipinski definition) is 1. The van der Waals surface area contributed by atoms with Crippen molar-refractivity contribution in [1.82, 2.24) is 4.72 Å². The van der Waals surface area contributed by atoms with Crippen molar-refractivity contribution in [3.8, 4) is 0 Å². The molecule has 0 bridgehead atoms. The Morgan fingerprint density at radius 3 is 1.82 bits per heavy atom. The minimum atomic E-state index is -3.86. The summed E-state index contributed by atoms with van der Waals surface area (Å²) in [5.41, 5.74) is 0. The van der Waals surface area contributed by atoms with Crippen LogP contribution in [-0.2, 0) is 10.0 Å². The van der Waals surface area contributed by atoms with Crippen LogP contribution in [0.1, 0.15) is 20.8 Å². The Labute approximate surface area is 64.8 Å². The summed E-state index contributed by atoms with van der Waals surface area (Å²) in [7, 11) is -3.86. The second-order valence-corrected chi connectivity index (χ2v) is 4.82. The molecule has 1 N–H and O–H groups in total. The summed E-state index contributed by atoms with van der Waals surface area (Å²) in [6.45, 7) is 3.15. The van der Waals surface area contributed by atoms with Gasteiger partial charge in [0, 0.05) is 6.92 Å². The topological polar surface area (TPSA) is 46.2 Å². The van der Waals surface area contributed by atoms with Gasteiger partial charge in [-0.25, -0.2) is 8.42 Å². The third kappa shape index (κ3) is 4.26. The van der Waals surface area contributed by atoms with Gasteiger partial charge in [0.05, 0.1) is 5.25 Å². The summed E-state index contributed by atoms with van der Waals surface area (Å²) in [5, 5.41) is -0.840. The lowest BCUT2D eigenvalue weighted by Gasteiger charge is -2.14. The van der Waals surface area contributed by atoms with E-state index in [2.05, 4.69) is 0 Å². The van der Waals surface area contributed by atoms with Gasteiger partial charge in [-0.3, -0.25) is 0 Å². The van der Waals surface area contributed by atoms with Crippen molar-refractivity contribution >= 4 is 10.0 Å². The number of nitrogens with one attached hydrogen (secondary N) is 1. The standard InChI is InChI=1S/C5H11F2NO2S/c1-4(2)11(9,10)8-5(3,6)7/h4,8H,1-3H3. The normalized spacial score (nSPS) is 14.0. The molecule has 3 nitrogen and oxygen atoms in total. The summed E-state index contributed by atoms with van der Waals surface area (Å²) < 4.78 is 46.9. The lowest BCUT2D eigenvalue weighted by molar-refractivity contribution is 0.00988. The van der Waals surface area contributed by atoms with E-state index in [0.29, 0.717) is 6.92 Å². The van der Waals surface area contributed by atoms with Gasteiger partial charge in [0.25, 0.3) is 0 Å². The Morgan fingerprint density at radius 1 is 1.36 bits per heavy atom. The van der Waals surface area contributed by atoms with Crippen molar-refractivity contribution in [1.29, 1.82) is 0 Å². The average Bonchev–Trinajstić information content (AvgIpc) is 1.56. The molecular weight excluding hydrogens is 176 g/mol. The molecule has 0 rings (SSSR count). The molecule has 0 saturated heterocycles. The minimum Gasteiger partial charge on any atom is -0.212 e. The van der Waals surface area contributed by atoms with E-state index in [-0.39, 0.29) is 0 Å². The van der Waals surface area contributed by atoms with Crippen LogP contribution in [0, 0.1) is 0 Å². The number of sulfonamides is 1. The first-order valence-corrected chi connectivity index (χ1v) is 4.60. The van der Waals surface area contributed by atoms with Crippen LogP contribution in [0.4, 0.5) is 8.78 Å². The number of halogens is 2. The summed E-state index contributed by atoms with van der Waals surface area (Å²) in [5.74, 6) is 0. The first kappa shape index (κ1) is 10.8. The Balaban J connectivity index is 4.40. The van der Waals surface area contributed by atoms with Crippen LogP contribution in [-0.4, -0.2) is 19.7 Å². The maximum Gasteiger partial charge on any atom is 0.312 e. The first-order chi connectivity index (χ1) is 4.65. The number of rotatable bonds is 3. The molecule has 0 radical (unpaired) electrons. The fraction of sp³-hybridized carbons (Fsp3) is 1.00. The van der Waals surface area contributed by atoms with E-state index < -0.39 is 21.3 Å². The Bertz CT molecular complexity index is 217. The number of alkyl halides is 2. The lowest BCUT2D eigenvalue weighted by Crippen LogP contribution is -2.41. The molecule has 0 aromatic rings. The molecule has 11 heavy (non-hydrogen) atoms. The molecule has 0 fully saturated rings. The van der Waals surface area contributed by atoms with Gasteiger partial charge < -0.3 is 0 Å². The molecule has 68 valence electrons. The van der Waals surface area contributed by atoms with Crippen LogP contribution in [0.3, 0.4) is 0 Å². The van der Waals surface area contributed by atoms with Crippen molar-refractivity contribution < 1.29 is 17.2 Å². The first-order valence-electron chi connectivity index (χ1n) is 3.06. The molecular formula is C5H11F2NO2S. The highest BCUT2D eigenvalue weighted by Gasteiger charge is 2.29. The fourth-order valence-corrected chi connectivity index (χ4v) is 1.10. The second-order valence-electron chi connectivity index (χ2n) is 2.58. The van der Waals surface area contributed by atoms with Gasteiger partial charge in [0.2, 0.25) is 10.0 Å². The monoisotopic (exact) mass is 187 g/mol. The highest BCUT2D eigenvalue weighted by Crippen LogP contribution is 2.10. The van der Waals surface area contributed by atoms with Crippen LogP contribution >= 0.6 is 0 Å². The van der Waals surface area contributed by atoms with Crippen LogP contribution in [0.5, 0.6) is 0 Å². The Morgan fingerprint density at radius 2 is 1.73 bits per heavy atom. The smallest absolute Gasteiger partial charge is 0.212 e. The molecule has 0 atom stereocenters. The molecule has 0 aromatic carbocycles. The van der Waals surface area contributed by atoms with E-state index in [4.69, 9.17) is 0 Å². The molecule has 0 heterocycles.